The highest BCUT2D eigenvalue weighted by atomic mass is 16.5. The van der Waals surface area contributed by atoms with Crippen LogP contribution in [0.15, 0.2) is 47.2 Å². The lowest BCUT2D eigenvalue weighted by molar-refractivity contribution is -0.126. The van der Waals surface area contributed by atoms with Crippen molar-refractivity contribution in [3.8, 4) is 0 Å². The van der Waals surface area contributed by atoms with E-state index in [2.05, 4.69) is 20.4 Å². The number of hydrogen-bond acceptors (Lipinski definition) is 6. The number of rotatable bonds is 4. The predicted molar refractivity (Wildman–Crippen MR) is 129 cm³/mol. The minimum absolute atomic E-state index is 0.000986. The largest absolute Gasteiger partial charge is 0.356 e. The maximum Gasteiger partial charge on any atom is 0.290 e. The van der Waals surface area contributed by atoms with E-state index in [1.54, 1.807) is 17.0 Å². The Morgan fingerprint density at radius 3 is 2.77 bits per heavy atom. The van der Waals surface area contributed by atoms with Crippen molar-refractivity contribution >= 4 is 11.8 Å². The minimum atomic E-state index is -0.327. The lowest BCUT2D eigenvalue weighted by atomic mass is 10.00. The van der Waals surface area contributed by atoms with Crippen molar-refractivity contribution in [1.29, 1.82) is 0 Å². The number of amides is 2. The van der Waals surface area contributed by atoms with Crippen LogP contribution in [0.5, 0.6) is 0 Å². The zero-order valence-corrected chi connectivity index (χ0v) is 20.1. The van der Waals surface area contributed by atoms with Gasteiger partial charge in [-0.1, -0.05) is 48.3 Å². The van der Waals surface area contributed by atoms with Gasteiger partial charge in [0.1, 0.15) is 0 Å². The SMILES string of the molecule is Cn1ccnc1C(=O)N1CCCCCCNC(=O)[C@@H]2C[C@@H](c3nc(Cc4ccccc4)no3)C[C@@H]21. The highest BCUT2D eigenvalue weighted by Crippen LogP contribution is 2.41. The molecular weight excluding hydrogens is 444 g/mol. The predicted octanol–water partition coefficient (Wildman–Crippen LogP) is 3.09. The molecule has 5 rings (SSSR count). The molecule has 9 nitrogen and oxygen atoms in total. The molecule has 35 heavy (non-hydrogen) atoms. The highest BCUT2D eigenvalue weighted by Gasteiger charge is 2.46. The van der Waals surface area contributed by atoms with E-state index in [9.17, 15) is 9.59 Å². The summed E-state index contributed by atoms with van der Waals surface area (Å²) in [7, 11) is 1.82. The molecule has 1 saturated heterocycles. The summed E-state index contributed by atoms with van der Waals surface area (Å²) in [4.78, 5) is 37.7. The van der Waals surface area contributed by atoms with E-state index in [1.165, 1.54) is 0 Å². The second-order valence-corrected chi connectivity index (χ2v) is 9.62. The van der Waals surface area contributed by atoms with Gasteiger partial charge in [-0.05, 0) is 31.2 Å². The van der Waals surface area contributed by atoms with Crippen molar-refractivity contribution < 1.29 is 14.1 Å². The van der Waals surface area contributed by atoms with Crippen LogP contribution < -0.4 is 5.32 Å². The van der Waals surface area contributed by atoms with Crippen LogP contribution in [0.1, 0.15) is 72.3 Å². The van der Waals surface area contributed by atoms with Gasteiger partial charge in [-0.3, -0.25) is 9.59 Å². The first-order valence-corrected chi connectivity index (χ1v) is 12.5. The first-order chi connectivity index (χ1) is 17.1. The van der Waals surface area contributed by atoms with Crippen molar-refractivity contribution in [3.05, 3.63) is 65.8 Å². The van der Waals surface area contributed by atoms with Crippen molar-refractivity contribution in [3.63, 3.8) is 0 Å². The number of benzene rings is 1. The van der Waals surface area contributed by atoms with E-state index in [-0.39, 0.29) is 29.7 Å². The lowest BCUT2D eigenvalue weighted by Gasteiger charge is -2.32. The Bertz CT molecular complexity index is 1160. The Morgan fingerprint density at radius 1 is 1.14 bits per heavy atom. The van der Waals surface area contributed by atoms with Crippen LogP contribution in [0.4, 0.5) is 0 Å². The Labute approximate surface area is 204 Å². The molecule has 3 atom stereocenters. The van der Waals surface area contributed by atoms with Crippen LogP contribution in [-0.2, 0) is 18.3 Å². The molecule has 9 heteroatoms. The molecular formula is C26H32N6O3. The fraction of sp³-hybridized carbons (Fsp3) is 0.500. The number of fused-ring (bicyclic) bond motifs is 1. The van der Waals surface area contributed by atoms with E-state index in [0.717, 1.165) is 31.2 Å². The molecule has 1 N–H and O–H groups in total. The van der Waals surface area contributed by atoms with Crippen LogP contribution in [0.25, 0.3) is 0 Å². The Balaban J connectivity index is 1.40. The van der Waals surface area contributed by atoms with Gasteiger partial charge < -0.3 is 19.3 Å². The van der Waals surface area contributed by atoms with Gasteiger partial charge in [-0.2, -0.15) is 4.98 Å². The number of aromatic nitrogens is 4. The van der Waals surface area contributed by atoms with E-state index in [1.807, 2.05) is 42.3 Å². The fourth-order valence-corrected chi connectivity index (χ4v) is 5.35. The van der Waals surface area contributed by atoms with Gasteiger partial charge in [0.15, 0.2) is 11.6 Å². The maximum absolute atomic E-state index is 13.6. The number of nitrogens with zero attached hydrogens (tertiary/aromatic N) is 5. The van der Waals surface area contributed by atoms with Crippen LogP contribution in [0, 0.1) is 5.92 Å². The number of carbonyl (C=O) groups is 2. The maximum atomic E-state index is 13.6. The summed E-state index contributed by atoms with van der Waals surface area (Å²) in [5, 5.41) is 7.30. The number of carbonyl (C=O) groups excluding carboxylic acids is 2. The summed E-state index contributed by atoms with van der Waals surface area (Å²) in [6, 6.07) is 9.78. The molecule has 1 saturated carbocycles. The third-order valence-corrected chi connectivity index (χ3v) is 7.20. The van der Waals surface area contributed by atoms with Gasteiger partial charge in [-0.25, -0.2) is 4.98 Å². The Morgan fingerprint density at radius 2 is 1.97 bits per heavy atom. The van der Waals surface area contributed by atoms with Gasteiger partial charge in [-0.15, -0.1) is 0 Å². The average molecular weight is 477 g/mol. The highest BCUT2D eigenvalue weighted by molar-refractivity contribution is 5.92. The molecule has 0 bridgehead atoms. The molecule has 2 fully saturated rings. The van der Waals surface area contributed by atoms with Crippen LogP contribution in [0.3, 0.4) is 0 Å². The third kappa shape index (κ3) is 5.13. The van der Waals surface area contributed by atoms with E-state index in [0.29, 0.717) is 49.9 Å². The first-order valence-electron chi connectivity index (χ1n) is 12.5. The lowest BCUT2D eigenvalue weighted by Crippen LogP contribution is -2.48. The second-order valence-electron chi connectivity index (χ2n) is 9.62. The summed E-state index contributed by atoms with van der Waals surface area (Å²) in [6.07, 6.45) is 9.10. The molecule has 3 heterocycles. The standard InChI is InChI=1S/C26H32N6O3/c1-31-14-12-27-23(31)26(34)32-13-8-3-2-7-11-28-24(33)20-16-19(17-21(20)32)25-29-22(30-35-25)15-18-9-5-4-6-10-18/h4-6,9-10,12,14,19-21H,2-3,7-8,11,13,15-17H2,1H3,(H,28,33)/t19-,20-,21+/m1/s1. The van der Waals surface area contributed by atoms with Crippen molar-refractivity contribution in [1.82, 2.24) is 29.9 Å². The number of aryl methyl sites for hydroxylation is 1. The molecule has 1 aliphatic heterocycles. The minimum Gasteiger partial charge on any atom is -0.356 e. The summed E-state index contributed by atoms with van der Waals surface area (Å²) < 4.78 is 7.41. The summed E-state index contributed by atoms with van der Waals surface area (Å²) in [6.45, 7) is 1.28. The van der Waals surface area contributed by atoms with E-state index < -0.39 is 0 Å². The van der Waals surface area contributed by atoms with Gasteiger partial charge in [0.05, 0.1) is 5.92 Å². The van der Waals surface area contributed by atoms with Gasteiger partial charge in [0.2, 0.25) is 11.8 Å². The summed E-state index contributed by atoms with van der Waals surface area (Å²) in [5.41, 5.74) is 1.11. The van der Waals surface area contributed by atoms with Crippen LogP contribution in [-0.4, -0.2) is 55.5 Å². The van der Waals surface area contributed by atoms with Gasteiger partial charge >= 0.3 is 0 Å². The molecule has 2 amide bonds. The van der Waals surface area contributed by atoms with E-state index in [4.69, 9.17) is 4.52 Å². The quantitative estimate of drug-likeness (QED) is 0.620. The molecule has 1 aromatic carbocycles. The molecule has 2 aromatic heterocycles. The molecule has 0 spiro atoms. The fourth-order valence-electron chi connectivity index (χ4n) is 5.35. The van der Waals surface area contributed by atoms with Crippen molar-refractivity contribution in [2.24, 2.45) is 13.0 Å². The Hall–Kier alpha value is -3.49. The number of nitrogens with one attached hydrogen (secondary N) is 1. The van der Waals surface area contributed by atoms with Crippen molar-refractivity contribution in [2.75, 3.05) is 13.1 Å². The second kappa shape index (κ2) is 10.4. The summed E-state index contributed by atoms with van der Waals surface area (Å²) in [5.74, 6) is 1.04. The average Bonchev–Trinajstić information content (AvgIpc) is 3.60. The number of hydrogen-bond donors (Lipinski definition) is 1. The topological polar surface area (TPSA) is 106 Å². The molecule has 0 unspecified atom stereocenters. The molecule has 0 radical (unpaired) electrons. The smallest absolute Gasteiger partial charge is 0.290 e. The first kappa shape index (κ1) is 23.3. The molecule has 1 aliphatic carbocycles. The number of imidazole rings is 1. The molecule has 2 aliphatic rings. The van der Waals surface area contributed by atoms with Crippen LogP contribution >= 0.6 is 0 Å². The van der Waals surface area contributed by atoms with E-state index >= 15 is 0 Å². The normalized spacial score (nSPS) is 23.4. The molecule has 184 valence electrons. The monoisotopic (exact) mass is 476 g/mol. The summed E-state index contributed by atoms with van der Waals surface area (Å²) >= 11 is 0. The third-order valence-electron chi connectivity index (χ3n) is 7.20. The zero-order valence-electron chi connectivity index (χ0n) is 20.1. The van der Waals surface area contributed by atoms with Crippen molar-refractivity contribution in [2.45, 2.75) is 56.9 Å². The Kier molecular flexibility index (Phi) is 6.92. The molecule has 3 aromatic rings. The zero-order chi connectivity index (χ0) is 24.2. The van der Waals surface area contributed by atoms with Gasteiger partial charge in [0.25, 0.3) is 5.91 Å². The van der Waals surface area contributed by atoms with Crippen LogP contribution in [0.2, 0.25) is 0 Å². The van der Waals surface area contributed by atoms with Gasteiger partial charge in [0, 0.05) is 50.9 Å².